The Bertz CT molecular complexity index is 400. The van der Waals surface area contributed by atoms with Gasteiger partial charge in [0.2, 0.25) is 0 Å². The molecule has 0 saturated carbocycles. The van der Waals surface area contributed by atoms with Crippen molar-refractivity contribution in [1.29, 1.82) is 0 Å². The third-order valence-corrected chi connectivity index (χ3v) is 1.62. The summed E-state index contributed by atoms with van der Waals surface area (Å²) < 4.78 is 58.3. The summed E-state index contributed by atoms with van der Waals surface area (Å²) in [5.41, 5.74) is -1.38. The van der Waals surface area contributed by atoms with Crippen LogP contribution in [-0.4, -0.2) is 13.3 Å². The molecule has 1 aromatic rings. The highest BCUT2D eigenvalue weighted by Crippen LogP contribution is 2.37. The van der Waals surface area contributed by atoms with Gasteiger partial charge in [0.1, 0.15) is 5.56 Å². The van der Waals surface area contributed by atoms with E-state index >= 15 is 0 Å². The van der Waals surface area contributed by atoms with Crippen molar-refractivity contribution in [3.05, 3.63) is 29.6 Å². The van der Waals surface area contributed by atoms with E-state index in [1.54, 1.807) is 0 Å². The van der Waals surface area contributed by atoms with Gasteiger partial charge in [0.05, 0.1) is 7.11 Å². The van der Waals surface area contributed by atoms with Crippen LogP contribution in [0.3, 0.4) is 0 Å². The van der Waals surface area contributed by atoms with E-state index in [2.05, 4.69) is 9.47 Å². The minimum atomic E-state index is -4.81. The first-order chi connectivity index (χ1) is 7.36. The van der Waals surface area contributed by atoms with E-state index in [-0.39, 0.29) is 0 Å². The zero-order chi connectivity index (χ0) is 12.3. The average molecular weight is 238 g/mol. The van der Waals surface area contributed by atoms with E-state index in [1.165, 1.54) is 0 Å². The standard InChI is InChI=1S/C9H6F4O3/c1-15-8(14)16-7-5(9(11,12)13)3-2-4-6(7)10/h2-4H,1H3. The second-order valence-electron chi connectivity index (χ2n) is 2.67. The van der Waals surface area contributed by atoms with Crippen LogP contribution >= 0.6 is 0 Å². The Morgan fingerprint density at radius 2 is 1.94 bits per heavy atom. The van der Waals surface area contributed by atoms with Crippen molar-refractivity contribution in [2.45, 2.75) is 6.18 Å². The van der Waals surface area contributed by atoms with Crippen molar-refractivity contribution < 1.29 is 31.8 Å². The Kier molecular flexibility index (Phi) is 3.36. The Labute approximate surface area is 87.6 Å². The summed E-state index contributed by atoms with van der Waals surface area (Å²) in [4.78, 5) is 10.6. The monoisotopic (exact) mass is 238 g/mol. The number of carbonyl (C=O) groups excluding carboxylic acids is 1. The molecular weight excluding hydrogens is 232 g/mol. The van der Waals surface area contributed by atoms with Gasteiger partial charge in [0.25, 0.3) is 0 Å². The van der Waals surface area contributed by atoms with Crippen molar-refractivity contribution >= 4 is 6.16 Å². The predicted molar refractivity (Wildman–Crippen MR) is 44.4 cm³/mol. The maximum absolute atomic E-state index is 13.0. The van der Waals surface area contributed by atoms with E-state index in [9.17, 15) is 22.4 Å². The third kappa shape index (κ3) is 2.62. The number of alkyl halides is 3. The van der Waals surface area contributed by atoms with Gasteiger partial charge < -0.3 is 9.47 Å². The molecule has 16 heavy (non-hydrogen) atoms. The molecule has 0 spiro atoms. The van der Waals surface area contributed by atoms with Crippen molar-refractivity contribution in [3.8, 4) is 5.75 Å². The van der Waals surface area contributed by atoms with Gasteiger partial charge in [0, 0.05) is 0 Å². The summed E-state index contributed by atoms with van der Waals surface area (Å²) in [5.74, 6) is -2.48. The number of benzene rings is 1. The van der Waals surface area contributed by atoms with Gasteiger partial charge in [-0.2, -0.15) is 13.2 Å². The topological polar surface area (TPSA) is 35.5 Å². The number of hydrogen-bond acceptors (Lipinski definition) is 3. The van der Waals surface area contributed by atoms with Crippen LogP contribution in [-0.2, 0) is 10.9 Å². The quantitative estimate of drug-likeness (QED) is 0.428. The summed E-state index contributed by atoms with van der Waals surface area (Å²) in [6.45, 7) is 0. The first kappa shape index (κ1) is 12.3. The van der Waals surface area contributed by atoms with E-state index in [0.29, 0.717) is 6.07 Å². The molecule has 0 saturated heterocycles. The minimum absolute atomic E-state index is 0.599. The first-order valence-corrected chi connectivity index (χ1v) is 3.97. The molecule has 3 nitrogen and oxygen atoms in total. The maximum Gasteiger partial charge on any atom is 0.513 e. The largest absolute Gasteiger partial charge is 0.513 e. The van der Waals surface area contributed by atoms with Crippen molar-refractivity contribution in [3.63, 3.8) is 0 Å². The Balaban J connectivity index is 3.19. The number of halogens is 4. The van der Waals surface area contributed by atoms with E-state index in [1.807, 2.05) is 0 Å². The number of hydrogen-bond donors (Lipinski definition) is 0. The normalized spacial score (nSPS) is 11.1. The van der Waals surface area contributed by atoms with Crippen molar-refractivity contribution in [2.75, 3.05) is 7.11 Å². The summed E-state index contributed by atoms with van der Waals surface area (Å²) in [7, 11) is 0.899. The fourth-order valence-electron chi connectivity index (χ4n) is 0.961. The van der Waals surface area contributed by atoms with Crippen molar-refractivity contribution in [2.24, 2.45) is 0 Å². The number of carbonyl (C=O) groups is 1. The molecule has 7 heteroatoms. The second-order valence-corrected chi connectivity index (χ2v) is 2.67. The highest BCUT2D eigenvalue weighted by molar-refractivity contribution is 5.64. The molecule has 0 atom stereocenters. The number of ether oxygens (including phenoxy) is 2. The van der Waals surface area contributed by atoms with Crippen LogP contribution in [0.5, 0.6) is 5.75 Å². The number of rotatable bonds is 1. The lowest BCUT2D eigenvalue weighted by Gasteiger charge is -2.12. The molecule has 0 bridgehead atoms. The molecular formula is C9H6F4O3. The van der Waals surface area contributed by atoms with Crippen LogP contribution in [0.4, 0.5) is 22.4 Å². The highest BCUT2D eigenvalue weighted by Gasteiger charge is 2.36. The zero-order valence-electron chi connectivity index (χ0n) is 7.97. The number of methoxy groups -OCH3 is 1. The molecule has 0 aliphatic rings. The van der Waals surface area contributed by atoms with E-state index in [4.69, 9.17) is 0 Å². The van der Waals surface area contributed by atoms with Gasteiger partial charge in [-0.3, -0.25) is 0 Å². The highest BCUT2D eigenvalue weighted by atomic mass is 19.4. The SMILES string of the molecule is COC(=O)Oc1c(F)cccc1C(F)(F)F. The van der Waals surface area contributed by atoms with Crippen LogP contribution in [0, 0.1) is 5.82 Å². The van der Waals surface area contributed by atoms with Crippen molar-refractivity contribution in [1.82, 2.24) is 0 Å². The van der Waals surface area contributed by atoms with Crippen LogP contribution in [0.25, 0.3) is 0 Å². The fraction of sp³-hybridized carbons (Fsp3) is 0.222. The zero-order valence-corrected chi connectivity index (χ0v) is 7.97. The van der Waals surface area contributed by atoms with Crippen LogP contribution in [0.1, 0.15) is 5.56 Å². The van der Waals surface area contributed by atoms with Crippen LogP contribution in [0.15, 0.2) is 18.2 Å². The molecule has 0 radical (unpaired) electrons. The van der Waals surface area contributed by atoms with Gasteiger partial charge in [-0.1, -0.05) is 6.07 Å². The minimum Gasteiger partial charge on any atom is -0.437 e. The molecule has 88 valence electrons. The molecule has 0 fully saturated rings. The molecule has 0 N–H and O–H groups in total. The first-order valence-electron chi connectivity index (χ1n) is 3.97. The van der Waals surface area contributed by atoms with Gasteiger partial charge in [-0.05, 0) is 12.1 Å². The van der Waals surface area contributed by atoms with E-state index < -0.39 is 29.5 Å². The molecule has 1 rings (SSSR count). The number of para-hydroxylation sites is 1. The Hall–Kier alpha value is -1.79. The molecule has 0 heterocycles. The maximum atomic E-state index is 13.0. The lowest BCUT2D eigenvalue weighted by Crippen LogP contribution is -2.14. The summed E-state index contributed by atoms with van der Waals surface area (Å²) in [6, 6.07) is 2.21. The molecule has 0 amide bonds. The molecule has 0 aromatic heterocycles. The molecule has 0 aliphatic carbocycles. The summed E-state index contributed by atoms with van der Waals surface area (Å²) >= 11 is 0. The van der Waals surface area contributed by atoms with E-state index in [0.717, 1.165) is 19.2 Å². The Morgan fingerprint density at radius 3 is 2.44 bits per heavy atom. The summed E-state index contributed by atoms with van der Waals surface area (Å²) in [6.07, 6.45) is -6.23. The predicted octanol–water partition coefficient (Wildman–Crippen LogP) is 2.99. The van der Waals surface area contributed by atoms with Crippen LogP contribution < -0.4 is 4.74 Å². The second kappa shape index (κ2) is 4.38. The molecule has 0 unspecified atom stereocenters. The average Bonchev–Trinajstić information content (AvgIpc) is 2.19. The lowest BCUT2D eigenvalue weighted by atomic mass is 10.2. The Morgan fingerprint density at radius 1 is 1.31 bits per heavy atom. The van der Waals surface area contributed by atoms with Crippen LogP contribution in [0.2, 0.25) is 0 Å². The van der Waals surface area contributed by atoms with Gasteiger partial charge in [-0.15, -0.1) is 0 Å². The smallest absolute Gasteiger partial charge is 0.437 e. The summed E-state index contributed by atoms with van der Waals surface area (Å²) in [5, 5.41) is 0. The van der Waals surface area contributed by atoms with Gasteiger partial charge in [0.15, 0.2) is 11.6 Å². The lowest BCUT2D eigenvalue weighted by molar-refractivity contribution is -0.138. The third-order valence-electron chi connectivity index (χ3n) is 1.62. The molecule has 0 aliphatic heterocycles. The van der Waals surface area contributed by atoms with Gasteiger partial charge in [-0.25, -0.2) is 9.18 Å². The fourth-order valence-corrected chi connectivity index (χ4v) is 0.961. The molecule has 1 aromatic carbocycles. The van der Waals surface area contributed by atoms with Gasteiger partial charge >= 0.3 is 12.3 Å².